The SMILES string of the molecule is Cn1c(-c2ccc(OC(F)(F)F)cc2)nc2cc(C(=O)O)ccc21. The molecule has 1 aromatic heterocycles. The van der Waals surface area contributed by atoms with Crippen molar-refractivity contribution in [3.05, 3.63) is 48.0 Å². The maximum Gasteiger partial charge on any atom is 0.573 e. The molecule has 0 spiro atoms. The molecule has 0 amide bonds. The number of hydrogen-bond donors (Lipinski definition) is 1. The van der Waals surface area contributed by atoms with Crippen LogP contribution in [0.3, 0.4) is 0 Å². The molecule has 1 heterocycles. The lowest BCUT2D eigenvalue weighted by Gasteiger charge is -2.09. The molecule has 3 aromatic rings. The molecule has 0 aliphatic rings. The number of halogens is 3. The van der Waals surface area contributed by atoms with Crippen LogP contribution in [0.25, 0.3) is 22.4 Å². The van der Waals surface area contributed by atoms with Crippen LogP contribution in [0.15, 0.2) is 42.5 Å². The first-order valence-corrected chi connectivity index (χ1v) is 6.80. The molecule has 5 nitrogen and oxygen atoms in total. The van der Waals surface area contributed by atoms with E-state index in [9.17, 15) is 18.0 Å². The number of nitrogens with zero attached hydrogens (tertiary/aromatic N) is 2. The van der Waals surface area contributed by atoms with E-state index in [2.05, 4.69) is 9.72 Å². The number of carboxylic acids is 1. The van der Waals surface area contributed by atoms with Crippen LogP contribution in [0.1, 0.15) is 10.4 Å². The summed E-state index contributed by atoms with van der Waals surface area (Å²) < 4.78 is 42.1. The highest BCUT2D eigenvalue weighted by atomic mass is 19.4. The quantitative estimate of drug-likeness (QED) is 0.789. The highest BCUT2D eigenvalue weighted by molar-refractivity contribution is 5.93. The van der Waals surface area contributed by atoms with E-state index in [1.54, 1.807) is 17.7 Å². The van der Waals surface area contributed by atoms with Crippen LogP contribution in [0, 0.1) is 0 Å². The van der Waals surface area contributed by atoms with Gasteiger partial charge in [-0.15, -0.1) is 13.2 Å². The van der Waals surface area contributed by atoms with E-state index >= 15 is 0 Å². The Labute approximate surface area is 133 Å². The standard InChI is InChI=1S/C16H11F3N2O3/c1-21-13-7-4-10(15(22)23)8-12(13)20-14(21)9-2-5-11(6-3-9)24-16(17,18)19/h2-8H,1H3,(H,22,23). The molecule has 0 unspecified atom stereocenters. The summed E-state index contributed by atoms with van der Waals surface area (Å²) in [6.45, 7) is 0. The zero-order valence-corrected chi connectivity index (χ0v) is 12.3. The monoisotopic (exact) mass is 336 g/mol. The summed E-state index contributed by atoms with van der Waals surface area (Å²) in [5.41, 5.74) is 1.90. The smallest absolute Gasteiger partial charge is 0.478 e. The molecule has 8 heteroatoms. The second-order valence-corrected chi connectivity index (χ2v) is 5.08. The van der Waals surface area contributed by atoms with Gasteiger partial charge < -0.3 is 14.4 Å². The Hall–Kier alpha value is -3.03. The van der Waals surface area contributed by atoms with Crippen molar-refractivity contribution in [2.75, 3.05) is 0 Å². The van der Waals surface area contributed by atoms with Gasteiger partial charge >= 0.3 is 12.3 Å². The number of aryl methyl sites for hydroxylation is 1. The van der Waals surface area contributed by atoms with Gasteiger partial charge in [-0.3, -0.25) is 0 Å². The van der Waals surface area contributed by atoms with E-state index in [0.29, 0.717) is 22.4 Å². The van der Waals surface area contributed by atoms with Gasteiger partial charge in [0.1, 0.15) is 11.6 Å². The fraction of sp³-hybridized carbons (Fsp3) is 0.125. The third-order valence-electron chi connectivity index (χ3n) is 3.47. The zero-order valence-electron chi connectivity index (χ0n) is 12.3. The van der Waals surface area contributed by atoms with Crippen LogP contribution in [-0.4, -0.2) is 27.0 Å². The van der Waals surface area contributed by atoms with Gasteiger partial charge in [0.2, 0.25) is 0 Å². The predicted octanol–water partition coefficient (Wildman–Crippen LogP) is 3.84. The van der Waals surface area contributed by atoms with Gasteiger partial charge in [-0.2, -0.15) is 0 Å². The fourth-order valence-electron chi connectivity index (χ4n) is 2.40. The maximum absolute atomic E-state index is 12.2. The molecule has 0 radical (unpaired) electrons. The first-order valence-electron chi connectivity index (χ1n) is 6.80. The van der Waals surface area contributed by atoms with Crippen LogP contribution < -0.4 is 4.74 Å². The Bertz CT molecular complexity index is 915. The van der Waals surface area contributed by atoms with Crippen molar-refractivity contribution in [2.45, 2.75) is 6.36 Å². The van der Waals surface area contributed by atoms with Crippen LogP contribution in [-0.2, 0) is 7.05 Å². The summed E-state index contributed by atoms with van der Waals surface area (Å²) in [7, 11) is 1.74. The van der Waals surface area contributed by atoms with Gasteiger partial charge in [-0.1, -0.05) is 0 Å². The number of aromatic nitrogens is 2. The summed E-state index contributed by atoms with van der Waals surface area (Å²) in [6, 6.07) is 9.87. The molecule has 124 valence electrons. The van der Waals surface area contributed by atoms with E-state index in [1.165, 1.54) is 36.4 Å². The molecule has 0 fully saturated rings. The molecule has 24 heavy (non-hydrogen) atoms. The number of carboxylic acid groups (broad SMARTS) is 1. The molecule has 3 rings (SSSR count). The first-order chi connectivity index (χ1) is 11.2. The van der Waals surface area contributed by atoms with Crippen molar-refractivity contribution in [1.82, 2.24) is 9.55 Å². The average molecular weight is 336 g/mol. The molecular weight excluding hydrogens is 325 g/mol. The average Bonchev–Trinajstić information content (AvgIpc) is 2.83. The fourth-order valence-corrected chi connectivity index (χ4v) is 2.40. The first kappa shape index (κ1) is 15.9. The van der Waals surface area contributed by atoms with Gasteiger partial charge in [0.15, 0.2) is 0 Å². The normalized spacial score (nSPS) is 11.7. The third kappa shape index (κ3) is 3.03. The largest absolute Gasteiger partial charge is 0.573 e. The molecule has 0 aliphatic heterocycles. The van der Waals surface area contributed by atoms with Crippen molar-refractivity contribution < 1.29 is 27.8 Å². The summed E-state index contributed by atoms with van der Waals surface area (Å²) in [4.78, 5) is 15.4. The lowest BCUT2D eigenvalue weighted by Crippen LogP contribution is -2.16. The van der Waals surface area contributed by atoms with Crippen molar-refractivity contribution in [3.63, 3.8) is 0 Å². The lowest BCUT2D eigenvalue weighted by atomic mass is 10.2. The number of rotatable bonds is 3. The van der Waals surface area contributed by atoms with E-state index in [4.69, 9.17) is 5.11 Å². The van der Waals surface area contributed by atoms with Crippen molar-refractivity contribution in [1.29, 1.82) is 0 Å². The number of aromatic carboxylic acids is 1. The van der Waals surface area contributed by atoms with Crippen molar-refractivity contribution in [2.24, 2.45) is 7.05 Å². The zero-order chi connectivity index (χ0) is 17.5. The number of benzene rings is 2. The van der Waals surface area contributed by atoms with Crippen molar-refractivity contribution in [3.8, 4) is 17.1 Å². The highest BCUT2D eigenvalue weighted by Gasteiger charge is 2.31. The Balaban J connectivity index is 2.00. The van der Waals surface area contributed by atoms with E-state index in [0.717, 1.165) is 0 Å². The molecule has 0 atom stereocenters. The highest BCUT2D eigenvalue weighted by Crippen LogP contribution is 2.28. The second kappa shape index (κ2) is 5.55. The molecule has 0 saturated carbocycles. The minimum Gasteiger partial charge on any atom is -0.478 e. The molecule has 2 aromatic carbocycles. The molecule has 0 saturated heterocycles. The summed E-state index contributed by atoms with van der Waals surface area (Å²) >= 11 is 0. The minimum atomic E-state index is -4.74. The number of alkyl halides is 3. The molecule has 1 N–H and O–H groups in total. The third-order valence-corrected chi connectivity index (χ3v) is 3.47. The van der Waals surface area contributed by atoms with E-state index in [1.807, 2.05) is 0 Å². The van der Waals surface area contributed by atoms with Crippen molar-refractivity contribution >= 4 is 17.0 Å². The number of carbonyl (C=O) groups is 1. The number of imidazole rings is 1. The van der Waals surface area contributed by atoms with E-state index < -0.39 is 12.3 Å². The Morgan fingerprint density at radius 2 is 1.83 bits per heavy atom. The number of ether oxygens (including phenoxy) is 1. The van der Waals surface area contributed by atoms with Crippen LogP contribution >= 0.6 is 0 Å². The van der Waals surface area contributed by atoms with Gasteiger partial charge in [0.05, 0.1) is 16.6 Å². The summed E-state index contributed by atoms with van der Waals surface area (Å²) in [5, 5.41) is 9.02. The minimum absolute atomic E-state index is 0.112. The second-order valence-electron chi connectivity index (χ2n) is 5.08. The van der Waals surface area contributed by atoms with E-state index in [-0.39, 0.29) is 11.3 Å². The topological polar surface area (TPSA) is 64.4 Å². The summed E-state index contributed by atoms with van der Waals surface area (Å²) in [5.74, 6) is -0.873. The predicted molar refractivity (Wildman–Crippen MR) is 79.8 cm³/mol. The molecule has 0 aliphatic carbocycles. The summed E-state index contributed by atoms with van der Waals surface area (Å²) in [6.07, 6.45) is -4.74. The van der Waals surface area contributed by atoms with Gasteiger partial charge in [-0.25, -0.2) is 9.78 Å². The maximum atomic E-state index is 12.2. The van der Waals surface area contributed by atoms with Gasteiger partial charge in [0.25, 0.3) is 0 Å². The van der Waals surface area contributed by atoms with Gasteiger partial charge in [0, 0.05) is 12.6 Å². The number of hydrogen-bond acceptors (Lipinski definition) is 3. The molecular formula is C16H11F3N2O3. The Morgan fingerprint density at radius 1 is 1.17 bits per heavy atom. The molecule has 0 bridgehead atoms. The van der Waals surface area contributed by atoms with Crippen LogP contribution in [0.4, 0.5) is 13.2 Å². The van der Waals surface area contributed by atoms with Crippen LogP contribution in [0.2, 0.25) is 0 Å². The number of fused-ring (bicyclic) bond motifs is 1. The Kier molecular flexibility index (Phi) is 3.67. The van der Waals surface area contributed by atoms with Crippen LogP contribution in [0.5, 0.6) is 5.75 Å². The van der Waals surface area contributed by atoms with Gasteiger partial charge in [-0.05, 0) is 42.5 Å². The lowest BCUT2D eigenvalue weighted by molar-refractivity contribution is -0.274. The Morgan fingerprint density at radius 3 is 2.42 bits per heavy atom.